The number of rotatable bonds is 1. The molecule has 1 N–H and O–H groups in total. The van der Waals surface area contributed by atoms with Crippen molar-refractivity contribution in [1.29, 1.82) is 0 Å². The molecule has 2 aliphatic heterocycles. The Morgan fingerprint density at radius 2 is 2.27 bits per heavy atom. The van der Waals surface area contributed by atoms with E-state index >= 15 is 0 Å². The Morgan fingerprint density at radius 3 is 2.93 bits per heavy atom. The minimum absolute atomic E-state index is 0.169. The van der Waals surface area contributed by atoms with E-state index in [0.717, 1.165) is 32.5 Å². The number of carbonyl (C=O) groups excluding carboxylic acids is 1. The summed E-state index contributed by atoms with van der Waals surface area (Å²) in [7, 11) is 0. The number of amides is 1. The molecule has 0 aromatic heterocycles. The van der Waals surface area contributed by atoms with Gasteiger partial charge in [-0.3, -0.25) is 4.79 Å². The van der Waals surface area contributed by atoms with Gasteiger partial charge in [0.1, 0.15) is 6.10 Å². The summed E-state index contributed by atoms with van der Waals surface area (Å²) in [6.45, 7) is 6.67. The molecule has 0 bridgehead atoms. The van der Waals surface area contributed by atoms with Crippen LogP contribution >= 0.6 is 0 Å². The number of carbonyl (C=O) groups is 1. The zero-order chi connectivity index (χ0) is 10.8. The molecule has 0 saturated carbocycles. The van der Waals surface area contributed by atoms with Gasteiger partial charge in [0.25, 0.3) is 5.91 Å². The van der Waals surface area contributed by atoms with Gasteiger partial charge < -0.3 is 15.0 Å². The van der Waals surface area contributed by atoms with Crippen LogP contribution in [0, 0.1) is 0 Å². The van der Waals surface area contributed by atoms with E-state index in [-0.39, 0.29) is 18.1 Å². The molecule has 2 aliphatic rings. The van der Waals surface area contributed by atoms with Crippen LogP contribution in [0.2, 0.25) is 0 Å². The number of ether oxygens (including phenoxy) is 1. The Bertz CT molecular complexity index is 239. The SMILES string of the molecule is CC1NCCN(C(=O)C2CCCO2)C1C. The van der Waals surface area contributed by atoms with Gasteiger partial charge >= 0.3 is 0 Å². The van der Waals surface area contributed by atoms with Crippen molar-refractivity contribution < 1.29 is 9.53 Å². The average molecular weight is 212 g/mol. The first kappa shape index (κ1) is 10.9. The van der Waals surface area contributed by atoms with Crippen LogP contribution in [0.25, 0.3) is 0 Å². The lowest BCUT2D eigenvalue weighted by molar-refractivity contribution is -0.144. The largest absolute Gasteiger partial charge is 0.368 e. The Labute approximate surface area is 91.0 Å². The molecule has 4 nitrogen and oxygen atoms in total. The molecule has 2 heterocycles. The van der Waals surface area contributed by atoms with Crippen molar-refractivity contribution >= 4 is 5.91 Å². The summed E-state index contributed by atoms with van der Waals surface area (Å²) < 4.78 is 5.44. The third-order valence-electron chi connectivity index (χ3n) is 3.52. The fourth-order valence-corrected chi connectivity index (χ4v) is 2.33. The summed E-state index contributed by atoms with van der Waals surface area (Å²) in [6.07, 6.45) is 1.74. The third-order valence-corrected chi connectivity index (χ3v) is 3.52. The van der Waals surface area contributed by atoms with Gasteiger partial charge in [-0.1, -0.05) is 0 Å². The molecular weight excluding hydrogens is 192 g/mol. The number of piperazine rings is 1. The normalized spacial score (nSPS) is 36.9. The molecule has 2 fully saturated rings. The van der Waals surface area contributed by atoms with E-state index in [9.17, 15) is 4.79 Å². The minimum Gasteiger partial charge on any atom is -0.368 e. The molecule has 0 aromatic carbocycles. The Kier molecular flexibility index (Phi) is 3.26. The number of hydrogen-bond donors (Lipinski definition) is 1. The smallest absolute Gasteiger partial charge is 0.252 e. The molecule has 3 unspecified atom stereocenters. The lowest BCUT2D eigenvalue weighted by atomic mass is 10.1. The molecule has 15 heavy (non-hydrogen) atoms. The van der Waals surface area contributed by atoms with Crippen molar-refractivity contribution in [2.75, 3.05) is 19.7 Å². The Morgan fingerprint density at radius 1 is 1.47 bits per heavy atom. The molecule has 3 atom stereocenters. The summed E-state index contributed by atoms with van der Waals surface area (Å²) in [4.78, 5) is 14.1. The van der Waals surface area contributed by atoms with Gasteiger partial charge in [-0.15, -0.1) is 0 Å². The Balaban J connectivity index is 1.98. The quantitative estimate of drug-likeness (QED) is 0.683. The topological polar surface area (TPSA) is 41.6 Å². The van der Waals surface area contributed by atoms with Crippen LogP contribution in [0.5, 0.6) is 0 Å². The first-order chi connectivity index (χ1) is 7.20. The monoisotopic (exact) mass is 212 g/mol. The highest BCUT2D eigenvalue weighted by molar-refractivity contribution is 5.81. The van der Waals surface area contributed by atoms with E-state index in [1.807, 2.05) is 4.90 Å². The maximum Gasteiger partial charge on any atom is 0.252 e. The molecular formula is C11H20N2O2. The average Bonchev–Trinajstić information content (AvgIpc) is 2.74. The Hall–Kier alpha value is -0.610. The number of nitrogens with one attached hydrogen (secondary N) is 1. The van der Waals surface area contributed by atoms with E-state index in [0.29, 0.717) is 6.04 Å². The predicted octanol–water partition coefficient (Wildman–Crippen LogP) is 0.374. The molecule has 0 aliphatic carbocycles. The van der Waals surface area contributed by atoms with Crippen molar-refractivity contribution in [3.8, 4) is 0 Å². The fraction of sp³-hybridized carbons (Fsp3) is 0.909. The van der Waals surface area contributed by atoms with Crippen LogP contribution < -0.4 is 5.32 Å². The summed E-state index contributed by atoms with van der Waals surface area (Å²) in [5, 5.41) is 3.37. The molecule has 86 valence electrons. The van der Waals surface area contributed by atoms with Gasteiger partial charge in [0, 0.05) is 31.8 Å². The van der Waals surface area contributed by atoms with Gasteiger partial charge in [0.2, 0.25) is 0 Å². The second kappa shape index (κ2) is 4.49. The van der Waals surface area contributed by atoms with Crippen molar-refractivity contribution in [2.45, 2.75) is 44.9 Å². The maximum absolute atomic E-state index is 12.1. The zero-order valence-corrected chi connectivity index (χ0v) is 9.53. The highest BCUT2D eigenvalue weighted by Gasteiger charge is 2.34. The van der Waals surface area contributed by atoms with Gasteiger partial charge in [-0.25, -0.2) is 0 Å². The van der Waals surface area contributed by atoms with Crippen LogP contribution in [-0.4, -0.2) is 48.7 Å². The van der Waals surface area contributed by atoms with E-state index in [1.54, 1.807) is 0 Å². The fourth-order valence-electron chi connectivity index (χ4n) is 2.33. The number of hydrogen-bond acceptors (Lipinski definition) is 3. The summed E-state index contributed by atoms with van der Waals surface area (Å²) >= 11 is 0. The van der Waals surface area contributed by atoms with E-state index in [4.69, 9.17) is 4.74 Å². The molecule has 0 spiro atoms. The third kappa shape index (κ3) is 2.16. The molecule has 0 aromatic rings. The van der Waals surface area contributed by atoms with Crippen molar-refractivity contribution in [2.24, 2.45) is 0 Å². The van der Waals surface area contributed by atoms with E-state index < -0.39 is 0 Å². The molecule has 2 saturated heterocycles. The summed E-state index contributed by atoms with van der Waals surface area (Å²) in [5.74, 6) is 0.188. The van der Waals surface area contributed by atoms with Gasteiger partial charge in [0.05, 0.1) is 0 Å². The minimum atomic E-state index is -0.169. The van der Waals surface area contributed by atoms with Gasteiger partial charge in [-0.05, 0) is 26.7 Å². The first-order valence-corrected chi connectivity index (χ1v) is 5.85. The summed E-state index contributed by atoms with van der Waals surface area (Å²) in [5.41, 5.74) is 0. The van der Waals surface area contributed by atoms with Crippen LogP contribution in [0.1, 0.15) is 26.7 Å². The molecule has 2 rings (SSSR count). The van der Waals surface area contributed by atoms with Crippen molar-refractivity contribution in [1.82, 2.24) is 10.2 Å². The van der Waals surface area contributed by atoms with E-state index in [2.05, 4.69) is 19.2 Å². The van der Waals surface area contributed by atoms with Gasteiger partial charge in [-0.2, -0.15) is 0 Å². The second-order valence-corrected chi connectivity index (χ2v) is 4.52. The molecule has 0 radical (unpaired) electrons. The van der Waals surface area contributed by atoms with Crippen molar-refractivity contribution in [3.05, 3.63) is 0 Å². The first-order valence-electron chi connectivity index (χ1n) is 5.85. The lowest BCUT2D eigenvalue weighted by Gasteiger charge is -2.39. The van der Waals surface area contributed by atoms with Crippen LogP contribution in [-0.2, 0) is 9.53 Å². The standard InChI is InChI=1S/C11H20N2O2/c1-8-9(2)13(6-5-12-8)11(14)10-4-3-7-15-10/h8-10,12H,3-7H2,1-2H3. The highest BCUT2D eigenvalue weighted by atomic mass is 16.5. The van der Waals surface area contributed by atoms with Crippen molar-refractivity contribution in [3.63, 3.8) is 0 Å². The van der Waals surface area contributed by atoms with Crippen LogP contribution in [0.3, 0.4) is 0 Å². The van der Waals surface area contributed by atoms with Gasteiger partial charge in [0.15, 0.2) is 0 Å². The lowest BCUT2D eigenvalue weighted by Crippen LogP contribution is -2.59. The van der Waals surface area contributed by atoms with E-state index in [1.165, 1.54) is 0 Å². The highest BCUT2D eigenvalue weighted by Crippen LogP contribution is 2.18. The molecule has 4 heteroatoms. The summed E-state index contributed by atoms with van der Waals surface area (Å²) in [6, 6.07) is 0.652. The van der Waals surface area contributed by atoms with Crippen LogP contribution in [0.15, 0.2) is 0 Å². The zero-order valence-electron chi connectivity index (χ0n) is 9.53. The second-order valence-electron chi connectivity index (χ2n) is 4.52. The molecule has 1 amide bonds. The van der Waals surface area contributed by atoms with Crippen LogP contribution in [0.4, 0.5) is 0 Å². The number of nitrogens with zero attached hydrogens (tertiary/aromatic N) is 1. The maximum atomic E-state index is 12.1. The predicted molar refractivity (Wildman–Crippen MR) is 57.6 cm³/mol.